The molecule has 0 heterocycles. The fourth-order valence-corrected chi connectivity index (χ4v) is 1.96. The molecule has 1 saturated carbocycles. The van der Waals surface area contributed by atoms with Crippen LogP contribution < -0.4 is 10.6 Å². The van der Waals surface area contributed by atoms with E-state index in [1.165, 1.54) is 6.92 Å². The van der Waals surface area contributed by atoms with Crippen LogP contribution in [0.4, 0.5) is 0 Å². The van der Waals surface area contributed by atoms with Gasteiger partial charge in [0.1, 0.15) is 0 Å². The van der Waals surface area contributed by atoms with Crippen LogP contribution in [-0.2, 0) is 9.59 Å². The van der Waals surface area contributed by atoms with Crippen molar-refractivity contribution in [3.05, 3.63) is 0 Å². The normalized spacial score (nSPS) is 25.9. The minimum atomic E-state index is -0.820. The molecule has 5 heteroatoms. The van der Waals surface area contributed by atoms with Crippen LogP contribution >= 0.6 is 0 Å². The number of carbonyl (C=O) groups excluding carboxylic acids is 1. The predicted molar refractivity (Wildman–Crippen MR) is 55.5 cm³/mol. The Balaban J connectivity index is 2.18. The standard InChI is InChI=1S/C10H18N2O3/c1-7(13)12-9-4-2-8(3-5-9)11-6-10(14)15/h8-9,11H,2-6H2,1H3,(H,12,13)(H,14,15). The molecule has 0 bridgehead atoms. The molecule has 0 aromatic rings. The Morgan fingerprint density at radius 3 is 2.20 bits per heavy atom. The number of amides is 1. The van der Waals surface area contributed by atoms with E-state index in [1.807, 2.05) is 0 Å². The van der Waals surface area contributed by atoms with Gasteiger partial charge in [0.2, 0.25) is 5.91 Å². The first-order chi connectivity index (χ1) is 7.08. The van der Waals surface area contributed by atoms with Gasteiger partial charge in [-0.3, -0.25) is 9.59 Å². The van der Waals surface area contributed by atoms with Crippen molar-refractivity contribution >= 4 is 11.9 Å². The molecule has 1 rings (SSSR count). The van der Waals surface area contributed by atoms with Gasteiger partial charge in [0.05, 0.1) is 6.54 Å². The van der Waals surface area contributed by atoms with Gasteiger partial charge in [-0.05, 0) is 25.7 Å². The van der Waals surface area contributed by atoms with Crippen molar-refractivity contribution in [3.8, 4) is 0 Å². The van der Waals surface area contributed by atoms with E-state index in [4.69, 9.17) is 5.11 Å². The largest absolute Gasteiger partial charge is 0.480 e. The summed E-state index contributed by atoms with van der Waals surface area (Å²) in [5.74, 6) is -0.809. The van der Waals surface area contributed by atoms with Gasteiger partial charge in [0, 0.05) is 19.0 Å². The number of carboxylic acid groups (broad SMARTS) is 1. The van der Waals surface area contributed by atoms with Gasteiger partial charge in [0.15, 0.2) is 0 Å². The minimum absolute atomic E-state index is 0.0111. The first-order valence-corrected chi connectivity index (χ1v) is 5.30. The average molecular weight is 214 g/mol. The summed E-state index contributed by atoms with van der Waals surface area (Å²) in [4.78, 5) is 21.1. The zero-order chi connectivity index (χ0) is 11.3. The Kier molecular flexibility index (Phi) is 4.55. The zero-order valence-corrected chi connectivity index (χ0v) is 8.95. The highest BCUT2D eigenvalue weighted by molar-refractivity contribution is 5.73. The number of nitrogens with one attached hydrogen (secondary N) is 2. The molecule has 1 amide bonds. The third-order valence-corrected chi connectivity index (χ3v) is 2.68. The van der Waals surface area contributed by atoms with Crippen molar-refractivity contribution in [2.24, 2.45) is 0 Å². The number of rotatable bonds is 4. The summed E-state index contributed by atoms with van der Waals surface area (Å²) in [5.41, 5.74) is 0. The molecular formula is C10H18N2O3. The minimum Gasteiger partial charge on any atom is -0.480 e. The van der Waals surface area contributed by atoms with Crippen LogP contribution in [0.15, 0.2) is 0 Å². The molecule has 86 valence electrons. The molecule has 0 aromatic carbocycles. The van der Waals surface area contributed by atoms with Crippen LogP contribution in [0.25, 0.3) is 0 Å². The molecular weight excluding hydrogens is 196 g/mol. The van der Waals surface area contributed by atoms with Crippen LogP contribution in [-0.4, -0.2) is 35.6 Å². The Morgan fingerprint density at radius 1 is 1.20 bits per heavy atom. The topological polar surface area (TPSA) is 78.4 Å². The smallest absolute Gasteiger partial charge is 0.317 e. The Hall–Kier alpha value is -1.10. The lowest BCUT2D eigenvalue weighted by molar-refractivity contribution is -0.136. The van der Waals surface area contributed by atoms with Crippen LogP contribution in [0.3, 0.4) is 0 Å². The number of hydrogen-bond acceptors (Lipinski definition) is 3. The monoisotopic (exact) mass is 214 g/mol. The maximum atomic E-state index is 10.8. The number of hydrogen-bond donors (Lipinski definition) is 3. The molecule has 0 unspecified atom stereocenters. The molecule has 3 N–H and O–H groups in total. The SMILES string of the molecule is CC(=O)NC1CCC(NCC(=O)O)CC1. The summed E-state index contributed by atoms with van der Waals surface area (Å²) < 4.78 is 0. The van der Waals surface area contributed by atoms with E-state index in [9.17, 15) is 9.59 Å². The number of aliphatic carboxylic acids is 1. The number of carboxylic acids is 1. The van der Waals surface area contributed by atoms with Crippen molar-refractivity contribution in [1.29, 1.82) is 0 Å². The van der Waals surface area contributed by atoms with Gasteiger partial charge in [-0.1, -0.05) is 0 Å². The first-order valence-electron chi connectivity index (χ1n) is 5.30. The predicted octanol–water partition coefficient (Wildman–Crippen LogP) is 0.108. The molecule has 0 saturated heterocycles. The van der Waals surface area contributed by atoms with E-state index in [-0.39, 0.29) is 24.5 Å². The molecule has 15 heavy (non-hydrogen) atoms. The molecule has 0 aromatic heterocycles. The van der Waals surface area contributed by atoms with Crippen LogP contribution in [0, 0.1) is 0 Å². The van der Waals surface area contributed by atoms with E-state index in [2.05, 4.69) is 10.6 Å². The van der Waals surface area contributed by atoms with Gasteiger partial charge >= 0.3 is 5.97 Å². The lowest BCUT2D eigenvalue weighted by Gasteiger charge is -2.29. The second-order valence-corrected chi connectivity index (χ2v) is 4.02. The van der Waals surface area contributed by atoms with Gasteiger partial charge < -0.3 is 15.7 Å². The van der Waals surface area contributed by atoms with E-state index in [0.717, 1.165) is 25.7 Å². The van der Waals surface area contributed by atoms with E-state index in [0.29, 0.717) is 0 Å². The molecule has 0 aliphatic heterocycles. The molecule has 0 atom stereocenters. The van der Waals surface area contributed by atoms with Crippen molar-refractivity contribution in [3.63, 3.8) is 0 Å². The Bertz CT molecular complexity index is 235. The molecule has 5 nitrogen and oxygen atoms in total. The van der Waals surface area contributed by atoms with E-state index in [1.54, 1.807) is 0 Å². The van der Waals surface area contributed by atoms with Crippen molar-refractivity contribution < 1.29 is 14.7 Å². The van der Waals surface area contributed by atoms with Crippen molar-refractivity contribution in [2.45, 2.75) is 44.7 Å². The summed E-state index contributed by atoms with van der Waals surface area (Å²) in [5, 5.41) is 14.4. The number of carbonyl (C=O) groups is 2. The summed E-state index contributed by atoms with van der Waals surface area (Å²) in [6, 6.07) is 0.552. The molecule has 1 fully saturated rings. The molecule has 0 radical (unpaired) electrons. The average Bonchev–Trinajstić information content (AvgIpc) is 2.16. The summed E-state index contributed by atoms with van der Waals surface area (Å²) >= 11 is 0. The zero-order valence-electron chi connectivity index (χ0n) is 8.95. The Labute approximate surface area is 89.2 Å². The lowest BCUT2D eigenvalue weighted by atomic mass is 9.91. The summed E-state index contributed by atoms with van der Waals surface area (Å²) in [6.45, 7) is 1.55. The third-order valence-electron chi connectivity index (χ3n) is 2.68. The highest BCUT2D eigenvalue weighted by atomic mass is 16.4. The van der Waals surface area contributed by atoms with Gasteiger partial charge in [-0.2, -0.15) is 0 Å². The maximum absolute atomic E-state index is 10.8. The molecule has 1 aliphatic rings. The fraction of sp³-hybridized carbons (Fsp3) is 0.800. The maximum Gasteiger partial charge on any atom is 0.317 e. The summed E-state index contributed by atoms with van der Waals surface area (Å²) in [7, 11) is 0. The van der Waals surface area contributed by atoms with Gasteiger partial charge in [-0.15, -0.1) is 0 Å². The highest BCUT2D eigenvalue weighted by Gasteiger charge is 2.21. The first kappa shape index (κ1) is 12.0. The highest BCUT2D eigenvalue weighted by Crippen LogP contribution is 2.18. The second-order valence-electron chi connectivity index (χ2n) is 4.02. The second kappa shape index (κ2) is 5.70. The van der Waals surface area contributed by atoms with Gasteiger partial charge in [-0.25, -0.2) is 0 Å². The molecule has 1 aliphatic carbocycles. The fourth-order valence-electron chi connectivity index (χ4n) is 1.96. The third kappa shape index (κ3) is 4.78. The Morgan fingerprint density at radius 2 is 1.73 bits per heavy atom. The molecule has 0 spiro atoms. The van der Waals surface area contributed by atoms with Crippen molar-refractivity contribution in [1.82, 2.24) is 10.6 Å². The van der Waals surface area contributed by atoms with Crippen LogP contribution in [0.5, 0.6) is 0 Å². The quantitative estimate of drug-likeness (QED) is 0.620. The van der Waals surface area contributed by atoms with E-state index < -0.39 is 5.97 Å². The van der Waals surface area contributed by atoms with Crippen molar-refractivity contribution in [2.75, 3.05) is 6.54 Å². The van der Waals surface area contributed by atoms with Crippen LogP contribution in [0.1, 0.15) is 32.6 Å². The van der Waals surface area contributed by atoms with E-state index >= 15 is 0 Å². The van der Waals surface area contributed by atoms with Crippen LogP contribution in [0.2, 0.25) is 0 Å². The van der Waals surface area contributed by atoms with Gasteiger partial charge in [0.25, 0.3) is 0 Å². The summed E-state index contributed by atoms with van der Waals surface area (Å²) in [6.07, 6.45) is 3.71. The lowest BCUT2D eigenvalue weighted by Crippen LogP contribution is -2.42.